The molecule has 0 aliphatic heterocycles. The zero-order chi connectivity index (χ0) is 27.1. The molecule has 0 saturated carbocycles. The molecule has 10 heteroatoms. The maximum absolute atomic E-state index is 13.0. The molecule has 2 aromatic heterocycles. The van der Waals surface area contributed by atoms with Crippen molar-refractivity contribution in [2.45, 2.75) is 39.5 Å². The van der Waals surface area contributed by atoms with E-state index in [0.717, 1.165) is 22.4 Å². The van der Waals surface area contributed by atoms with Gasteiger partial charge in [0.25, 0.3) is 0 Å². The fourth-order valence-corrected chi connectivity index (χ4v) is 3.70. The van der Waals surface area contributed by atoms with Crippen LogP contribution in [0.25, 0.3) is 11.3 Å². The molecule has 2 heterocycles. The highest BCUT2D eigenvalue weighted by molar-refractivity contribution is 5.72. The fourth-order valence-electron chi connectivity index (χ4n) is 3.70. The Kier molecular flexibility index (Phi) is 7.87. The van der Waals surface area contributed by atoms with Crippen molar-refractivity contribution in [1.82, 2.24) is 25.1 Å². The molecule has 4 rings (SSSR count). The van der Waals surface area contributed by atoms with Gasteiger partial charge in [0.15, 0.2) is 11.5 Å². The highest BCUT2D eigenvalue weighted by Crippen LogP contribution is 2.32. The summed E-state index contributed by atoms with van der Waals surface area (Å²) in [7, 11) is 1.60. The zero-order valence-electron chi connectivity index (χ0n) is 21.7. The molecule has 2 aromatic carbocycles. The monoisotopic (exact) mass is 511 g/mol. The predicted octanol–water partition coefficient (Wildman–Crippen LogP) is 5.43. The lowest BCUT2D eigenvalue weighted by Crippen LogP contribution is -2.36. The summed E-state index contributed by atoms with van der Waals surface area (Å²) in [5.41, 5.74) is 3.05. The van der Waals surface area contributed by atoms with Gasteiger partial charge in [0.1, 0.15) is 23.2 Å². The minimum absolute atomic E-state index is 0.233. The van der Waals surface area contributed by atoms with E-state index < -0.39 is 5.60 Å². The van der Waals surface area contributed by atoms with Crippen molar-refractivity contribution in [3.63, 3.8) is 0 Å². The molecule has 0 radical (unpaired) electrons. The molecular formula is C28H29N7O3. The summed E-state index contributed by atoms with van der Waals surface area (Å²) in [6, 6.07) is 19.3. The van der Waals surface area contributed by atoms with Gasteiger partial charge in [0, 0.05) is 24.7 Å². The number of anilines is 2. The maximum atomic E-state index is 13.0. The second-order valence-corrected chi connectivity index (χ2v) is 9.55. The number of hydrogen-bond donors (Lipinski definition) is 2. The normalized spacial score (nSPS) is 10.9. The van der Waals surface area contributed by atoms with E-state index in [1.54, 1.807) is 12.0 Å². The van der Waals surface area contributed by atoms with Crippen molar-refractivity contribution in [2.24, 2.45) is 0 Å². The van der Waals surface area contributed by atoms with Crippen LogP contribution in [-0.2, 0) is 17.8 Å². The molecule has 194 valence electrons. The average molecular weight is 512 g/mol. The summed E-state index contributed by atoms with van der Waals surface area (Å²) in [4.78, 5) is 22.8. The number of nitriles is 1. The summed E-state index contributed by atoms with van der Waals surface area (Å²) in [6.07, 6.45) is 2.46. The van der Waals surface area contributed by atoms with Crippen molar-refractivity contribution in [2.75, 3.05) is 12.4 Å². The molecule has 0 aliphatic carbocycles. The van der Waals surface area contributed by atoms with Crippen LogP contribution in [0.2, 0.25) is 0 Å². The standard InChI is InChI=1S/C28H29N7O3/c1-28(2,3)38-27(36)35(17-19-8-6-5-7-9-19)18-20-10-11-22(24(12-20)37-4)23-13-25(34-33-23)32-26-16-30-21(14-29)15-31-26/h5-13,15-16H,17-18H2,1-4H3,(H2,31,32,33,34). The second kappa shape index (κ2) is 11.4. The third-order valence-corrected chi connectivity index (χ3v) is 5.40. The predicted molar refractivity (Wildman–Crippen MR) is 143 cm³/mol. The minimum atomic E-state index is -0.608. The van der Waals surface area contributed by atoms with E-state index in [-0.39, 0.29) is 11.8 Å². The number of H-pyrrole nitrogens is 1. The minimum Gasteiger partial charge on any atom is -0.496 e. The average Bonchev–Trinajstić information content (AvgIpc) is 3.36. The van der Waals surface area contributed by atoms with Crippen molar-refractivity contribution in [3.05, 3.63) is 83.8 Å². The van der Waals surface area contributed by atoms with Gasteiger partial charge >= 0.3 is 6.09 Å². The molecule has 38 heavy (non-hydrogen) atoms. The first-order chi connectivity index (χ1) is 18.2. The van der Waals surface area contributed by atoms with Gasteiger partial charge in [-0.1, -0.05) is 36.4 Å². The number of hydrogen-bond acceptors (Lipinski definition) is 8. The van der Waals surface area contributed by atoms with Crippen LogP contribution in [0.5, 0.6) is 5.75 Å². The Morgan fingerprint density at radius 1 is 1.03 bits per heavy atom. The summed E-state index contributed by atoms with van der Waals surface area (Å²) in [5, 5.41) is 19.2. The Bertz CT molecular complexity index is 1420. The van der Waals surface area contributed by atoms with Crippen LogP contribution >= 0.6 is 0 Å². The van der Waals surface area contributed by atoms with Crippen LogP contribution < -0.4 is 10.1 Å². The van der Waals surface area contributed by atoms with E-state index in [0.29, 0.717) is 30.5 Å². The number of nitrogens with one attached hydrogen (secondary N) is 2. The molecule has 0 saturated heterocycles. The lowest BCUT2D eigenvalue weighted by atomic mass is 10.1. The fraction of sp³-hybridized carbons (Fsp3) is 0.250. The molecule has 0 fully saturated rings. The number of aromatic nitrogens is 4. The number of ether oxygens (including phenoxy) is 2. The van der Waals surface area contributed by atoms with E-state index >= 15 is 0 Å². The highest BCUT2D eigenvalue weighted by atomic mass is 16.6. The number of carbonyl (C=O) groups excluding carboxylic acids is 1. The number of carbonyl (C=O) groups is 1. The molecular weight excluding hydrogens is 482 g/mol. The van der Waals surface area contributed by atoms with Crippen LogP contribution in [0, 0.1) is 11.3 Å². The first-order valence-electron chi connectivity index (χ1n) is 12.0. The number of methoxy groups -OCH3 is 1. The van der Waals surface area contributed by atoms with Gasteiger partial charge in [0.05, 0.1) is 25.2 Å². The summed E-state index contributed by atoms with van der Waals surface area (Å²) >= 11 is 0. The van der Waals surface area contributed by atoms with Crippen molar-refractivity contribution < 1.29 is 14.3 Å². The lowest BCUT2D eigenvalue weighted by molar-refractivity contribution is 0.0216. The third kappa shape index (κ3) is 6.85. The summed E-state index contributed by atoms with van der Waals surface area (Å²) in [6.45, 7) is 6.31. The molecule has 0 aliphatic rings. The quantitative estimate of drug-likeness (QED) is 0.320. The van der Waals surface area contributed by atoms with E-state index in [4.69, 9.17) is 14.7 Å². The number of amides is 1. The number of aromatic amines is 1. The van der Waals surface area contributed by atoms with Crippen LogP contribution in [0.15, 0.2) is 67.0 Å². The first-order valence-corrected chi connectivity index (χ1v) is 12.0. The van der Waals surface area contributed by atoms with Gasteiger partial charge in [-0.2, -0.15) is 10.4 Å². The number of rotatable bonds is 8. The topological polar surface area (TPSA) is 129 Å². The van der Waals surface area contributed by atoms with Gasteiger partial charge < -0.3 is 14.8 Å². The highest BCUT2D eigenvalue weighted by Gasteiger charge is 2.23. The van der Waals surface area contributed by atoms with E-state index in [1.165, 1.54) is 12.4 Å². The Morgan fingerprint density at radius 3 is 2.45 bits per heavy atom. The molecule has 0 spiro atoms. The summed E-state index contributed by atoms with van der Waals surface area (Å²) < 4.78 is 11.3. The van der Waals surface area contributed by atoms with Crippen LogP contribution in [-0.4, -0.2) is 43.9 Å². The van der Waals surface area contributed by atoms with Crippen molar-refractivity contribution >= 4 is 17.7 Å². The van der Waals surface area contributed by atoms with E-state index in [1.807, 2.05) is 81.4 Å². The number of benzene rings is 2. The molecule has 0 unspecified atom stereocenters. The molecule has 4 aromatic rings. The maximum Gasteiger partial charge on any atom is 0.410 e. The Labute approximate surface area is 221 Å². The largest absolute Gasteiger partial charge is 0.496 e. The first kappa shape index (κ1) is 26.2. The van der Waals surface area contributed by atoms with Crippen molar-refractivity contribution in [1.29, 1.82) is 5.26 Å². The SMILES string of the molecule is COc1cc(CN(Cc2ccccc2)C(=O)OC(C)(C)C)ccc1-c1cc(Nc2cnc(C#N)cn2)n[nH]1. The molecule has 1 amide bonds. The lowest BCUT2D eigenvalue weighted by Gasteiger charge is -2.28. The van der Waals surface area contributed by atoms with Gasteiger partial charge in [0.2, 0.25) is 0 Å². The Balaban J connectivity index is 1.53. The van der Waals surface area contributed by atoms with Crippen molar-refractivity contribution in [3.8, 4) is 23.1 Å². The van der Waals surface area contributed by atoms with E-state index in [2.05, 4.69) is 25.5 Å². The van der Waals surface area contributed by atoms with Crippen LogP contribution in [0.3, 0.4) is 0 Å². The molecule has 0 bridgehead atoms. The Hall–Kier alpha value is -4.91. The molecule has 0 atom stereocenters. The van der Waals surface area contributed by atoms with Gasteiger partial charge in [-0.05, 0) is 44.0 Å². The number of nitrogens with zero attached hydrogens (tertiary/aromatic N) is 5. The third-order valence-electron chi connectivity index (χ3n) is 5.40. The summed E-state index contributed by atoms with van der Waals surface area (Å²) in [5.74, 6) is 1.62. The van der Waals surface area contributed by atoms with Gasteiger partial charge in [-0.25, -0.2) is 14.8 Å². The van der Waals surface area contributed by atoms with Crippen LogP contribution in [0.4, 0.5) is 16.4 Å². The van der Waals surface area contributed by atoms with Gasteiger partial charge in [-0.3, -0.25) is 10.00 Å². The molecule has 10 nitrogen and oxygen atoms in total. The molecule has 2 N–H and O–H groups in total. The van der Waals surface area contributed by atoms with E-state index in [9.17, 15) is 4.79 Å². The second-order valence-electron chi connectivity index (χ2n) is 9.55. The van der Waals surface area contributed by atoms with Gasteiger partial charge in [-0.15, -0.1) is 0 Å². The smallest absolute Gasteiger partial charge is 0.410 e. The zero-order valence-corrected chi connectivity index (χ0v) is 21.7. The Morgan fingerprint density at radius 2 is 1.79 bits per heavy atom. The van der Waals surface area contributed by atoms with Crippen LogP contribution in [0.1, 0.15) is 37.6 Å².